The minimum Gasteiger partial charge on any atom is -0.465 e. The fourth-order valence-electron chi connectivity index (χ4n) is 2.21. The maximum absolute atomic E-state index is 12.0. The highest BCUT2D eigenvalue weighted by Gasteiger charge is 2.25. The Balaban J connectivity index is 3.38. The van der Waals surface area contributed by atoms with Crippen LogP contribution in [0.5, 0.6) is 0 Å². The van der Waals surface area contributed by atoms with Gasteiger partial charge in [0, 0.05) is 13.6 Å². The zero-order valence-corrected chi connectivity index (χ0v) is 16.0. The summed E-state index contributed by atoms with van der Waals surface area (Å²) < 4.78 is 5.06. The van der Waals surface area contributed by atoms with E-state index in [1.807, 2.05) is 6.26 Å². The normalized spacial score (nSPS) is 11.1. The molecule has 0 radical (unpaired) electrons. The van der Waals surface area contributed by atoms with Crippen molar-refractivity contribution in [1.29, 1.82) is 0 Å². The summed E-state index contributed by atoms with van der Waals surface area (Å²) in [6.07, 6.45) is 2.57. The highest BCUT2D eigenvalue weighted by molar-refractivity contribution is 7.98. The van der Waals surface area contributed by atoms with Crippen LogP contribution in [0.3, 0.4) is 0 Å². The standard InChI is InChI=1S/C16H26N4O3S/c1-7-23-12(22)8-20(10-16(2,3)4)14-11(9-21)13(17-5)18-15(19-14)24-6/h9H,7-8,10H2,1-6H3,(H,17,18,19). The van der Waals surface area contributed by atoms with E-state index in [-0.39, 0.29) is 17.9 Å². The minimum absolute atomic E-state index is 0.0277. The topological polar surface area (TPSA) is 84.4 Å². The average molecular weight is 354 g/mol. The number of rotatable bonds is 8. The van der Waals surface area contributed by atoms with E-state index in [1.54, 1.807) is 18.9 Å². The van der Waals surface area contributed by atoms with E-state index in [0.717, 1.165) is 0 Å². The number of anilines is 2. The Morgan fingerprint density at radius 2 is 2.04 bits per heavy atom. The zero-order chi connectivity index (χ0) is 18.3. The van der Waals surface area contributed by atoms with Crippen molar-refractivity contribution in [3.8, 4) is 0 Å². The number of nitrogens with one attached hydrogen (secondary N) is 1. The van der Waals surface area contributed by atoms with Gasteiger partial charge < -0.3 is 15.0 Å². The summed E-state index contributed by atoms with van der Waals surface area (Å²) in [7, 11) is 1.70. The van der Waals surface area contributed by atoms with Crippen LogP contribution >= 0.6 is 11.8 Å². The Morgan fingerprint density at radius 1 is 1.38 bits per heavy atom. The summed E-state index contributed by atoms with van der Waals surface area (Å²) in [6.45, 7) is 8.81. The first-order chi connectivity index (χ1) is 11.3. The fraction of sp³-hybridized carbons (Fsp3) is 0.625. The summed E-state index contributed by atoms with van der Waals surface area (Å²) in [5.74, 6) is 0.535. The SMILES string of the molecule is CCOC(=O)CN(CC(C)(C)C)c1nc(SC)nc(NC)c1C=O. The lowest BCUT2D eigenvalue weighted by Crippen LogP contribution is -2.39. The molecule has 0 spiro atoms. The van der Waals surface area contributed by atoms with Gasteiger partial charge in [0.2, 0.25) is 0 Å². The molecular weight excluding hydrogens is 328 g/mol. The maximum atomic E-state index is 12.0. The first kappa shape index (κ1) is 20.2. The van der Waals surface area contributed by atoms with Crippen LogP contribution in [0.2, 0.25) is 0 Å². The van der Waals surface area contributed by atoms with Gasteiger partial charge in [-0.15, -0.1) is 0 Å². The lowest BCUT2D eigenvalue weighted by molar-refractivity contribution is -0.141. The molecule has 0 aliphatic carbocycles. The van der Waals surface area contributed by atoms with Crippen molar-refractivity contribution < 1.29 is 14.3 Å². The van der Waals surface area contributed by atoms with Gasteiger partial charge in [0.25, 0.3) is 0 Å². The largest absolute Gasteiger partial charge is 0.465 e. The monoisotopic (exact) mass is 354 g/mol. The predicted octanol–water partition coefficient (Wildman–Crippen LogP) is 2.47. The van der Waals surface area contributed by atoms with Gasteiger partial charge in [0.15, 0.2) is 11.4 Å². The van der Waals surface area contributed by atoms with Gasteiger partial charge in [0.1, 0.15) is 18.2 Å². The Morgan fingerprint density at radius 3 is 2.50 bits per heavy atom. The number of aldehydes is 1. The Labute approximate surface area is 147 Å². The third kappa shape index (κ3) is 5.67. The van der Waals surface area contributed by atoms with Gasteiger partial charge in [-0.2, -0.15) is 0 Å². The van der Waals surface area contributed by atoms with Crippen LogP contribution in [-0.4, -0.2) is 55.2 Å². The van der Waals surface area contributed by atoms with E-state index < -0.39 is 0 Å². The van der Waals surface area contributed by atoms with Crippen molar-refractivity contribution >= 4 is 35.7 Å². The van der Waals surface area contributed by atoms with Crippen molar-refractivity contribution in [3.05, 3.63) is 5.56 Å². The molecule has 0 atom stereocenters. The lowest BCUT2D eigenvalue weighted by atomic mass is 9.96. The molecule has 1 heterocycles. The van der Waals surface area contributed by atoms with Crippen molar-refractivity contribution in [1.82, 2.24) is 9.97 Å². The summed E-state index contributed by atoms with van der Waals surface area (Å²) in [5, 5.41) is 3.45. The molecule has 8 heteroatoms. The van der Waals surface area contributed by atoms with Gasteiger partial charge in [-0.1, -0.05) is 32.5 Å². The quantitative estimate of drug-likeness (QED) is 0.330. The molecule has 0 unspecified atom stereocenters. The molecule has 0 bridgehead atoms. The number of carbonyl (C=O) groups excluding carboxylic acids is 2. The number of hydrogen-bond donors (Lipinski definition) is 1. The number of aromatic nitrogens is 2. The molecule has 0 fully saturated rings. The summed E-state index contributed by atoms with van der Waals surface area (Å²) in [4.78, 5) is 34.2. The maximum Gasteiger partial charge on any atom is 0.325 e. The van der Waals surface area contributed by atoms with Gasteiger partial charge in [-0.3, -0.25) is 9.59 Å². The number of ether oxygens (including phenoxy) is 1. The fourth-order valence-corrected chi connectivity index (χ4v) is 2.57. The van der Waals surface area contributed by atoms with Crippen molar-refractivity contribution in [3.63, 3.8) is 0 Å². The molecule has 134 valence electrons. The zero-order valence-electron chi connectivity index (χ0n) is 15.2. The van der Waals surface area contributed by atoms with Crippen molar-refractivity contribution in [2.24, 2.45) is 5.41 Å². The van der Waals surface area contributed by atoms with E-state index in [4.69, 9.17) is 4.74 Å². The number of thioether (sulfide) groups is 1. The second kappa shape index (κ2) is 8.86. The van der Waals surface area contributed by atoms with Crippen LogP contribution in [-0.2, 0) is 9.53 Å². The molecule has 0 saturated heterocycles. The van der Waals surface area contributed by atoms with Crippen LogP contribution in [0, 0.1) is 5.41 Å². The lowest BCUT2D eigenvalue weighted by Gasteiger charge is -2.31. The average Bonchev–Trinajstić information content (AvgIpc) is 2.51. The number of esters is 1. The molecule has 1 N–H and O–H groups in total. The third-order valence-electron chi connectivity index (χ3n) is 3.03. The van der Waals surface area contributed by atoms with Crippen LogP contribution in [0.25, 0.3) is 0 Å². The number of hydrogen-bond acceptors (Lipinski definition) is 8. The van der Waals surface area contributed by atoms with Crippen LogP contribution in [0.1, 0.15) is 38.1 Å². The predicted molar refractivity (Wildman–Crippen MR) is 97.0 cm³/mol. The number of nitrogens with zero attached hydrogens (tertiary/aromatic N) is 3. The Kier molecular flexibility index (Phi) is 7.47. The van der Waals surface area contributed by atoms with Crippen molar-refractivity contribution in [2.45, 2.75) is 32.9 Å². The van der Waals surface area contributed by atoms with Crippen LogP contribution in [0.4, 0.5) is 11.6 Å². The molecular formula is C16H26N4O3S. The number of carbonyl (C=O) groups is 2. The molecule has 1 aromatic rings. The van der Waals surface area contributed by atoms with E-state index >= 15 is 0 Å². The summed E-state index contributed by atoms with van der Waals surface area (Å²) in [6, 6.07) is 0. The molecule has 0 saturated carbocycles. The summed E-state index contributed by atoms with van der Waals surface area (Å²) >= 11 is 1.38. The van der Waals surface area contributed by atoms with Gasteiger partial charge in [-0.25, -0.2) is 9.97 Å². The molecule has 24 heavy (non-hydrogen) atoms. The van der Waals surface area contributed by atoms with Gasteiger partial charge in [0.05, 0.1) is 12.2 Å². The highest BCUT2D eigenvalue weighted by Crippen LogP contribution is 2.28. The molecule has 0 aliphatic rings. The first-order valence-electron chi connectivity index (χ1n) is 7.75. The molecule has 0 aromatic carbocycles. The second-order valence-corrected chi connectivity index (χ2v) is 7.16. The highest BCUT2D eigenvalue weighted by atomic mass is 32.2. The van der Waals surface area contributed by atoms with Crippen molar-refractivity contribution in [2.75, 3.05) is 43.2 Å². The third-order valence-corrected chi connectivity index (χ3v) is 3.58. The molecule has 1 aromatic heterocycles. The molecule has 0 aliphatic heterocycles. The Bertz CT molecular complexity index is 587. The molecule has 7 nitrogen and oxygen atoms in total. The van der Waals surface area contributed by atoms with Gasteiger partial charge >= 0.3 is 5.97 Å². The van der Waals surface area contributed by atoms with Gasteiger partial charge in [-0.05, 0) is 18.6 Å². The van der Waals surface area contributed by atoms with E-state index in [0.29, 0.717) is 41.8 Å². The van der Waals surface area contributed by atoms with Crippen LogP contribution in [0.15, 0.2) is 5.16 Å². The minimum atomic E-state index is -0.353. The molecule has 1 rings (SSSR count). The first-order valence-corrected chi connectivity index (χ1v) is 8.97. The van der Waals surface area contributed by atoms with E-state index in [9.17, 15) is 9.59 Å². The Hall–Kier alpha value is -1.83. The second-order valence-electron chi connectivity index (χ2n) is 6.39. The molecule has 0 amide bonds. The van der Waals surface area contributed by atoms with E-state index in [2.05, 4.69) is 36.1 Å². The smallest absolute Gasteiger partial charge is 0.325 e. The van der Waals surface area contributed by atoms with E-state index in [1.165, 1.54) is 11.8 Å². The van der Waals surface area contributed by atoms with Crippen LogP contribution < -0.4 is 10.2 Å². The summed E-state index contributed by atoms with van der Waals surface area (Å²) in [5.41, 5.74) is 0.237.